The van der Waals surface area contributed by atoms with Crippen LogP contribution in [-0.4, -0.2) is 52.4 Å². The smallest absolute Gasteiger partial charge is 0.194 e. The van der Waals surface area contributed by atoms with Crippen LogP contribution in [0, 0.1) is 6.92 Å². The first-order chi connectivity index (χ1) is 11.7. The van der Waals surface area contributed by atoms with Crippen molar-refractivity contribution in [1.29, 1.82) is 0 Å². The fraction of sp³-hybridized carbons (Fsp3) is 0.471. The van der Waals surface area contributed by atoms with E-state index in [-0.39, 0.29) is 6.10 Å². The van der Waals surface area contributed by atoms with Gasteiger partial charge in [0.1, 0.15) is 6.10 Å². The van der Waals surface area contributed by atoms with Crippen LogP contribution in [0.5, 0.6) is 0 Å². The molecule has 1 saturated heterocycles. The number of ether oxygens (including phenoxy) is 1. The van der Waals surface area contributed by atoms with Crippen LogP contribution >= 0.6 is 0 Å². The molecule has 3 rings (SSSR count). The molecule has 0 bridgehead atoms. The van der Waals surface area contributed by atoms with E-state index in [0.29, 0.717) is 13.2 Å². The summed E-state index contributed by atoms with van der Waals surface area (Å²) in [6, 6.07) is 4.02. The Morgan fingerprint density at radius 2 is 2.38 bits per heavy atom. The minimum atomic E-state index is 0.0163. The molecule has 0 aromatic carbocycles. The molecule has 0 spiro atoms. The van der Waals surface area contributed by atoms with Crippen LogP contribution in [0.25, 0.3) is 0 Å². The van der Waals surface area contributed by atoms with Crippen molar-refractivity contribution in [3.8, 4) is 0 Å². The summed E-state index contributed by atoms with van der Waals surface area (Å²) in [4.78, 5) is 11.1. The molecule has 3 heterocycles. The highest BCUT2D eigenvalue weighted by atomic mass is 16.5. The van der Waals surface area contributed by atoms with Crippen LogP contribution in [-0.2, 0) is 18.3 Å². The lowest BCUT2D eigenvalue weighted by atomic mass is 10.1. The second kappa shape index (κ2) is 7.44. The van der Waals surface area contributed by atoms with Gasteiger partial charge in [-0.15, -0.1) is 0 Å². The number of aromatic nitrogens is 3. The van der Waals surface area contributed by atoms with Gasteiger partial charge < -0.3 is 15.0 Å². The molecular weight excluding hydrogens is 304 g/mol. The van der Waals surface area contributed by atoms with Crippen molar-refractivity contribution in [2.24, 2.45) is 12.0 Å². The number of hydrogen-bond donors (Lipinski definition) is 1. The molecule has 0 saturated carbocycles. The van der Waals surface area contributed by atoms with Crippen LogP contribution in [0.2, 0.25) is 0 Å². The Bertz CT molecular complexity index is 711. The van der Waals surface area contributed by atoms with Crippen LogP contribution in [0.1, 0.15) is 22.9 Å². The average Bonchev–Trinajstić information content (AvgIpc) is 3.04. The monoisotopic (exact) mass is 328 g/mol. The van der Waals surface area contributed by atoms with E-state index < -0.39 is 0 Å². The van der Waals surface area contributed by atoms with Crippen molar-refractivity contribution >= 4 is 5.96 Å². The van der Waals surface area contributed by atoms with Gasteiger partial charge in [0.2, 0.25) is 0 Å². The van der Waals surface area contributed by atoms with E-state index in [9.17, 15) is 0 Å². The van der Waals surface area contributed by atoms with E-state index in [1.54, 1.807) is 4.68 Å². The van der Waals surface area contributed by atoms with Gasteiger partial charge >= 0.3 is 0 Å². The predicted molar refractivity (Wildman–Crippen MR) is 92.6 cm³/mol. The van der Waals surface area contributed by atoms with Crippen molar-refractivity contribution in [1.82, 2.24) is 25.0 Å². The molecule has 1 unspecified atom stereocenters. The van der Waals surface area contributed by atoms with Crippen molar-refractivity contribution in [3.63, 3.8) is 0 Å². The largest absolute Gasteiger partial charge is 0.370 e. The lowest BCUT2D eigenvalue weighted by molar-refractivity contribution is -0.00805. The van der Waals surface area contributed by atoms with E-state index in [2.05, 4.69) is 38.3 Å². The van der Waals surface area contributed by atoms with E-state index in [4.69, 9.17) is 4.74 Å². The molecule has 1 aliphatic rings. The van der Waals surface area contributed by atoms with E-state index in [0.717, 1.165) is 30.3 Å². The fourth-order valence-electron chi connectivity index (χ4n) is 2.85. The summed E-state index contributed by atoms with van der Waals surface area (Å²) in [6.07, 6.45) is 5.70. The van der Waals surface area contributed by atoms with Gasteiger partial charge in [-0.05, 0) is 18.6 Å². The lowest BCUT2D eigenvalue weighted by Crippen LogP contribution is -2.48. The SMILES string of the molecule is CN=C(NCc1ncccc1C)N1CCOC(c2cnn(C)c2)C1. The van der Waals surface area contributed by atoms with E-state index in [1.807, 2.05) is 38.8 Å². The molecule has 24 heavy (non-hydrogen) atoms. The first-order valence-electron chi connectivity index (χ1n) is 8.13. The van der Waals surface area contributed by atoms with Crippen LogP contribution in [0.15, 0.2) is 35.7 Å². The Morgan fingerprint density at radius 3 is 3.08 bits per heavy atom. The predicted octanol–water partition coefficient (Wildman–Crippen LogP) is 1.27. The molecule has 7 nitrogen and oxygen atoms in total. The number of hydrogen-bond acceptors (Lipinski definition) is 4. The van der Waals surface area contributed by atoms with Crippen molar-refractivity contribution < 1.29 is 4.74 Å². The highest BCUT2D eigenvalue weighted by Crippen LogP contribution is 2.21. The molecule has 1 atom stereocenters. The molecule has 128 valence electrons. The number of nitrogens with one attached hydrogen (secondary N) is 1. The highest BCUT2D eigenvalue weighted by molar-refractivity contribution is 5.80. The number of nitrogens with zero attached hydrogens (tertiary/aromatic N) is 5. The summed E-state index contributed by atoms with van der Waals surface area (Å²) in [5.41, 5.74) is 3.31. The third kappa shape index (κ3) is 3.73. The molecular formula is C17H24N6O. The number of rotatable bonds is 3. The van der Waals surface area contributed by atoms with Gasteiger partial charge in [0.25, 0.3) is 0 Å². The average molecular weight is 328 g/mol. The highest BCUT2D eigenvalue weighted by Gasteiger charge is 2.25. The van der Waals surface area contributed by atoms with Crippen molar-refractivity contribution in [3.05, 3.63) is 47.5 Å². The fourth-order valence-corrected chi connectivity index (χ4v) is 2.85. The van der Waals surface area contributed by atoms with Crippen molar-refractivity contribution in [2.45, 2.75) is 19.6 Å². The summed E-state index contributed by atoms with van der Waals surface area (Å²) < 4.78 is 7.69. The van der Waals surface area contributed by atoms with Crippen molar-refractivity contribution in [2.75, 3.05) is 26.7 Å². The zero-order valence-corrected chi connectivity index (χ0v) is 14.4. The van der Waals surface area contributed by atoms with Gasteiger partial charge in [-0.3, -0.25) is 14.7 Å². The molecule has 0 aliphatic carbocycles. The lowest BCUT2D eigenvalue weighted by Gasteiger charge is -2.34. The quantitative estimate of drug-likeness (QED) is 0.679. The van der Waals surface area contributed by atoms with Gasteiger partial charge in [-0.1, -0.05) is 6.07 Å². The molecule has 1 aliphatic heterocycles. The normalized spacial score (nSPS) is 18.7. The molecule has 0 radical (unpaired) electrons. The van der Waals surface area contributed by atoms with Crippen LogP contribution in [0.3, 0.4) is 0 Å². The number of morpholine rings is 1. The van der Waals surface area contributed by atoms with Gasteiger partial charge in [-0.2, -0.15) is 5.10 Å². The summed E-state index contributed by atoms with van der Waals surface area (Å²) in [7, 11) is 3.72. The zero-order valence-electron chi connectivity index (χ0n) is 14.4. The molecule has 1 fully saturated rings. The van der Waals surface area contributed by atoms with Gasteiger partial charge in [0.05, 0.1) is 31.6 Å². The first kappa shape index (κ1) is 16.4. The third-order valence-corrected chi connectivity index (χ3v) is 4.21. The van der Waals surface area contributed by atoms with Crippen LogP contribution in [0.4, 0.5) is 0 Å². The Labute approximate surface area is 142 Å². The molecule has 0 amide bonds. The van der Waals surface area contributed by atoms with Crippen LogP contribution < -0.4 is 5.32 Å². The molecule has 2 aromatic rings. The number of pyridine rings is 1. The Kier molecular flexibility index (Phi) is 5.10. The minimum Gasteiger partial charge on any atom is -0.370 e. The number of guanidine groups is 1. The Morgan fingerprint density at radius 1 is 1.50 bits per heavy atom. The zero-order chi connectivity index (χ0) is 16.9. The first-order valence-corrected chi connectivity index (χ1v) is 8.13. The second-order valence-electron chi connectivity index (χ2n) is 5.92. The summed E-state index contributed by atoms with van der Waals surface area (Å²) in [5.74, 6) is 0.872. The third-order valence-electron chi connectivity index (χ3n) is 4.21. The van der Waals surface area contributed by atoms with Gasteiger partial charge in [-0.25, -0.2) is 0 Å². The maximum Gasteiger partial charge on any atom is 0.194 e. The van der Waals surface area contributed by atoms with Gasteiger partial charge in [0.15, 0.2) is 5.96 Å². The number of aliphatic imine (C=N–C) groups is 1. The summed E-state index contributed by atoms with van der Waals surface area (Å²) in [5, 5.41) is 7.64. The van der Waals surface area contributed by atoms with E-state index >= 15 is 0 Å². The summed E-state index contributed by atoms with van der Waals surface area (Å²) >= 11 is 0. The van der Waals surface area contributed by atoms with E-state index in [1.165, 1.54) is 5.56 Å². The second-order valence-corrected chi connectivity index (χ2v) is 5.92. The Hall–Kier alpha value is -2.41. The Balaban J connectivity index is 1.64. The number of aryl methyl sites for hydroxylation is 2. The maximum absolute atomic E-state index is 5.89. The minimum absolute atomic E-state index is 0.0163. The molecule has 2 aromatic heterocycles. The summed E-state index contributed by atoms with van der Waals surface area (Å²) in [6.45, 7) is 4.97. The molecule has 1 N–H and O–H groups in total. The topological polar surface area (TPSA) is 67.6 Å². The van der Waals surface area contributed by atoms with Gasteiger partial charge in [0, 0.05) is 38.6 Å². The molecule has 7 heteroatoms. The maximum atomic E-state index is 5.89. The standard InChI is InChI=1S/C17H24N6O/c1-13-5-4-6-19-15(13)10-20-17(18-2)23-7-8-24-16(12-23)14-9-21-22(3)11-14/h4-6,9,11,16H,7-8,10,12H2,1-3H3,(H,18,20).